The molecule has 1 fully saturated rings. The summed E-state index contributed by atoms with van der Waals surface area (Å²) >= 11 is 0. The number of rotatable bonds is 7. The Morgan fingerprint density at radius 2 is 1.78 bits per heavy atom. The molecule has 1 aromatic heterocycles. The van der Waals surface area contributed by atoms with Gasteiger partial charge in [0.15, 0.2) is 11.5 Å². The van der Waals surface area contributed by atoms with Crippen molar-refractivity contribution in [2.45, 2.75) is 19.0 Å². The number of aromatic nitrogens is 2. The summed E-state index contributed by atoms with van der Waals surface area (Å²) in [6.07, 6.45) is 5.73. The van der Waals surface area contributed by atoms with E-state index in [1.165, 1.54) is 12.0 Å². The van der Waals surface area contributed by atoms with Crippen molar-refractivity contribution in [3.8, 4) is 11.5 Å². The van der Waals surface area contributed by atoms with Crippen molar-refractivity contribution in [3.05, 3.63) is 83.4 Å². The minimum atomic E-state index is -0.845. The van der Waals surface area contributed by atoms with Gasteiger partial charge in [-0.2, -0.15) is 0 Å². The number of nitrogens with zero attached hydrogens (tertiary/aromatic N) is 3. The van der Waals surface area contributed by atoms with Gasteiger partial charge in [0.25, 0.3) is 11.7 Å². The molecule has 2 aliphatic rings. The minimum absolute atomic E-state index is 0.0323. The van der Waals surface area contributed by atoms with Crippen molar-refractivity contribution in [2.75, 3.05) is 26.9 Å². The molecule has 2 aromatic carbocycles. The molecule has 10 nitrogen and oxygen atoms in total. The molecule has 0 radical (unpaired) electrons. The van der Waals surface area contributed by atoms with Crippen molar-refractivity contribution in [2.24, 2.45) is 0 Å². The topological polar surface area (TPSA) is 120 Å². The quantitative estimate of drug-likeness (QED) is 0.226. The Bertz CT molecular complexity index is 1360. The van der Waals surface area contributed by atoms with Crippen molar-refractivity contribution in [1.82, 2.24) is 14.5 Å². The van der Waals surface area contributed by atoms with Gasteiger partial charge in [-0.15, -0.1) is 0 Å². The van der Waals surface area contributed by atoms with E-state index < -0.39 is 23.7 Å². The second kappa shape index (κ2) is 10.2. The average molecular weight is 504 g/mol. The summed E-state index contributed by atoms with van der Waals surface area (Å²) in [6.45, 7) is 1.65. The lowest BCUT2D eigenvalue weighted by Crippen LogP contribution is -2.31. The number of fused-ring (bicyclic) bond motifs is 1. The molecule has 37 heavy (non-hydrogen) atoms. The predicted octanol–water partition coefficient (Wildman–Crippen LogP) is 2.95. The van der Waals surface area contributed by atoms with E-state index in [-0.39, 0.29) is 17.9 Å². The highest BCUT2D eigenvalue weighted by Gasteiger charge is 2.45. The normalized spacial score (nSPS) is 18.2. The first-order chi connectivity index (χ1) is 18.0. The number of aliphatic hydroxyl groups excluding tert-OH is 1. The smallest absolute Gasteiger partial charge is 0.337 e. The van der Waals surface area contributed by atoms with Gasteiger partial charge in [-0.05, 0) is 42.3 Å². The third kappa shape index (κ3) is 4.65. The Morgan fingerprint density at radius 3 is 2.49 bits per heavy atom. The number of carbonyl (C=O) groups is 3. The highest BCUT2D eigenvalue weighted by molar-refractivity contribution is 6.46. The second-order valence-electron chi connectivity index (χ2n) is 8.62. The van der Waals surface area contributed by atoms with Crippen LogP contribution >= 0.6 is 0 Å². The number of amides is 1. The lowest BCUT2D eigenvalue weighted by atomic mass is 9.94. The minimum Gasteiger partial charge on any atom is -0.507 e. The molecule has 0 spiro atoms. The molecule has 2 aliphatic heterocycles. The number of aliphatic hydroxyl groups is 1. The molecule has 1 atom stereocenters. The number of Topliss-reactive ketones (excluding diaryl/α,β-unsaturated/α-hetero) is 1. The van der Waals surface area contributed by atoms with Crippen LogP contribution < -0.4 is 9.47 Å². The van der Waals surface area contributed by atoms with Gasteiger partial charge >= 0.3 is 5.97 Å². The van der Waals surface area contributed by atoms with Gasteiger partial charge in [0.2, 0.25) is 0 Å². The van der Waals surface area contributed by atoms with E-state index in [1.54, 1.807) is 55.0 Å². The van der Waals surface area contributed by atoms with Crippen molar-refractivity contribution in [1.29, 1.82) is 0 Å². The van der Waals surface area contributed by atoms with Gasteiger partial charge in [0.1, 0.15) is 19.0 Å². The Hall–Kier alpha value is -4.60. The number of esters is 1. The second-order valence-corrected chi connectivity index (χ2v) is 8.62. The molecule has 190 valence electrons. The summed E-state index contributed by atoms with van der Waals surface area (Å²) in [5.74, 6) is -1.31. The Morgan fingerprint density at radius 1 is 1.05 bits per heavy atom. The maximum atomic E-state index is 13.3. The molecule has 1 amide bonds. The first-order valence-corrected chi connectivity index (χ1v) is 11.8. The first kappa shape index (κ1) is 24.1. The zero-order valence-electron chi connectivity index (χ0n) is 20.1. The van der Waals surface area contributed by atoms with Crippen LogP contribution in [0.4, 0.5) is 0 Å². The van der Waals surface area contributed by atoms with Crippen LogP contribution in [0.15, 0.2) is 66.8 Å². The fourth-order valence-electron chi connectivity index (χ4n) is 4.57. The number of hydrogen-bond acceptors (Lipinski definition) is 8. The lowest BCUT2D eigenvalue weighted by molar-refractivity contribution is -0.139. The molecule has 0 saturated carbocycles. The van der Waals surface area contributed by atoms with Crippen molar-refractivity contribution in [3.63, 3.8) is 0 Å². The van der Waals surface area contributed by atoms with Gasteiger partial charge in [-0.25, -0.2) is 9.78 Å². The largest absolute Gasteiger partial charge is 0.507 e. The zero-order valence-corrected chi connectivity index (χ0v) is 20.1. The third-order valence-corrected chi connectivity index (χ3v) is 6.38. The van der Waals surface area contributed by atoms with Gasteiger partial charge in [-0.1, -0.05) is 12.1 Å². The number of likely N-dealkylation sites (tertiary alicyclic amines) is 1. The molecular weight excluding hydrogens is 478 g/mol. The fourth-order valence-corrected chi connectivity index (χ4v) is 4.57. The number of benzene rings is 2. The molecule has 0 aliphatic carbocycles. The Balaban J connectivity index is 1.53. The number of imidazole rings is 1. The molecule has 1 unspecified atom stereocenters. The average Bonchev–Trinajstić information content (AvgIpc) is 3.54. The standard InChI is InChI=1S/C27H25N3O7/c1-35-27(34)18-5-3-17(4-6-18)23-22(24(31)19-7-8-20-21(15-19)37-14-13-36-20)25(32)26(33)30(23)11-2-10-29-12-9-28-16-29/h3-9,12,15-16,23,31H,2,10-11,13-14H2,1H3/b24-22+. The highest BCUT2D eigenvalue weighted by Crippen LogP contribution is 2.41. The van der Waals surface area contributed by atoms with Crippen LogP contribution in [-0.2, 0) is 20.9 Å². The molecule has 3 heterocycles. The number of carbonyl (C=O) groups excluding carboxylic acids is 3. The highest BCUT2D eigenvalue weighted by atomic mass is 16.6. The third-order valence-electron chi connectivity index (χ3n) is 6.38. The van der Waals surface area contributed by atoms with Crippen LogP contribution in [0, 0.1) is 0 Å². The monoisotopic (exact) mass is 503 g/mol. The van der Waals surface area contributed by atoms with Crippen LogP contribution in [0.25, 0.3) is 5.76 Å². The molecule has 0 bridgehead atoms. The molecule has 1 saturated heterocycles. The van der Waals surface area contributed by atoms with Crippen molar-refractivity contribution < 1.29 is 33.7 Å². The number of methoxy groups -OCH3 is 1. The van der Waals surface area contributed by atoms with Crippen LogP contribution in [-0.4, -0.2) is 64.1 Å². The van der Waals surface area contributed by atoms with E-state index in [1.807, 2.05) is 10.8 Å². The van der Waals surface area contributed by atoms with Crippen LogP contribution in [0.1, 0.15) is 33.9 Å². The van der Waals surface area contributed by atoms with Gasteiger partial charge in [-0.3, -0.25) is 9.59 Å². The number of ether oxygens (including phenoxy) is 3. The molecule has 1 N–H and O–H groups in total. The summed E-state index contributed by atoms with van der Waals surface area (Å²) in [5.41, 5.74) is 1.20. The van der Waals surface area contributed by atoms with Gasteiger partial charge < -0.3 is 28.8 Å². The number of aryl methyl sites for hydroxylation is 1. The molecule has 10 heteroatoms. The van der Waals surface area contributed by atoms with Gasteiger partial charge in [0.05, 0.1) is 30.6 Å². The van der Waals surface area contributed by atoms with E-state index in [0.29, 0.717) is 54.4 Å². The van der Waals surface area contributed by atoms with Gasteiger partial charge in [0, 0.05) is 31.0 Å². The number of hydrogen-bond donors (Lipinski definition) is 1. The summed E-state index contributed by atoms with van der Waals surface area (Å²) < 4.78 is 17.8. The van der Waals surface area contributed by atoms with E-state index in [4.69, 9.17) is 14.2 Å². The fraction of sp³-hybridized carbons (Fsp3) is 0.259. The van der Waals surface area contributed by atoms with E-state index in [0.717, 1.165) is 0 Å². The summed E-state index contributed by atoms with van der Waals surface area (Å²) in [7, 11) is 1.29. The molecule has 5 rings (SSSR count). The predicted molar refractivity (Wildman–Crippen MR) is 131 cm³/mol. The number of ketones is 1. The molecule has 3 aromatic rings. The van der Waals surface area contributed by atoms with Crippen LogP contribution in [0.3, 0.4) is 0 Å². The maximum absolute atomic E-state index is 13.3. The first-order valence-electron chi connectivity index (χ1n) is 11.8. The summed E-state index contributed by atoms with van der Waals surface area (Å²) in [6, 6.07) is 10.5. The van der Waals surface area contributed by atoms with E-state index in [2.05, 4.69) is 4.98 Å². The van der Waals surface area contributed by atoms with E-state index in [9.17, 15) is 19.5 Å². The molecular formula is C27H25N3O7. The Kier molecular flexibility index (Phi) is 6.63. The summed E-state index contributed by atoms with van der Waals surface area (Å²) in [5, 5.41) is 11.3. The zero-order chi connectivity index (χ0) is 25.9. The van der Waals surface area contributed by atoms with E-state index >= 15 is 0 Å². The summed E-state index contributed by atoms with van der Waals surface area (Å²) in [4.78, 5) is 43.8. The Labute approximate surface area is 212 Å². The SMILES string of the molecule is COC(=O)c1ccc(C2/C(=C(\O)c3ccc4c(c3)OCCO4)C(=O)C(=O)N2CCCn2ccnc2)cc1. The van der Waals surface area contributed by atoms with Crippen LogP contribution in [0.5, 0.6) is 11.5 Å². The lowest BCUT2D eigenvalue weighted by Gasteiger charge is -2.25. The van der Waals surface area contributed by atoms with Crippen molar-refractivity contribution >= 4 is 23.4 Å². The van der Waals surface area contributed by atoms with Crippen LogP contribution in [0.2, 0.25) is 0 Å². The maximum Gasteiger partial charge on any atom is 0.337 e.